The molecule has 1 heteroatoms. The van der Waals surface area contributed by atoms with Crippen molar-refractivity contribution >= 4 is 0 Å². The van der Waals surface area contributed by atoms with Crippen molar-refractivity contribution in [3.05, 3.63) is 24.3 Å². The van der Waals surface area contributed by atoms with Crippen molar-refractivity contribution in [2.75, 3.05) is 6.61 Å². The topological polar surface area (TPSA) is 12.5 Å². The van der Waals surface area contributed by atoms with Crippen LogP contribution in [0.25, 0.3) is 0 Å². The number of unbranched alkanes of at least 4 members (excludes halogenated alkanes) is 12. The van der Waals surface area contributed by atoms with Crippen LogP contribution in [-0.4, -0.2) is 12.7 Å². The molecule has 1 rings (SSSR count). The molecule has 0 saturated carbocycles. The summed E-state index contributed by atoms with van der Waals surface area (Å²) in [6.45, 7) is 3.22. The van der Waals surface area contributed by atoms with Gasteiger partial charge >= 0.3 is 0 Å². The first-order valence-corrected chi connectivity index (χ1v) is 9.86. The highest BCUT2D eigenvalue weighted by Crippen LogP contribution is 2.13. The smallest absolute Gasteiger partial charge is 0.0991 e. The second-order valence-electron chi connectivity index (χ2n) is 6.68. The Hall–Kier alpha value is -0.560. The summed E-state index contributed by atoms with van der Waals surface area (Å²) in [5.41, 5.74) is 0. The van der Waals surface area contributed by atoms with Crippen molar-refractivity contribution in [2.45, 2.75) is 103 Å². The highest BCUT2D eigenvalue weighted by Gasteiger charge is 2.17. The van der Waals surface area contributed by atoms with E-state index >= 15 is 0 Å². The van der Waals surface area contributed by atoms with Crippen LogP contribution in [0.1, 0.15) is 96.8 Å². The summed E-state index contributed by atoms with van der Waals surface area (Å²) < 4.78 is 5.13. The monoisotopic (exact) mass is 306 g/mol. The lowest BCUT2D eigenvalue weighted by Crippen LogP contribution is -1.82. The van der Waals surface area contributed by atoms with Crippen LogP contribution >= 0.6 is 0 Å². The van der Waals surface area contributed by atoms with Crippen molar-refractivity contribution in [3.63, 3.8) is 0 Å². The van der Waals surface area contributed by atoms with Gasteiger partial charge in [0.05, 0.1) is 12.7 Å². The van der Waals surface area contributed by atoms with Crippen LogP contribution in [0, 0.1) is 0 Å². The number of epoxide rings is 1. The first-order chi connectivity index (χ1) is 10.9. The molecular weight excluding hydrogens is 268 g/mol. The molecule has 1 unspecified atom stereocenters. The maximum absolute atomic E-state index is 5.13. The molecule has 0 spiro atoms. The van der Waals surface area contributed by atoms with E-state index in [1.165, 1.54) is 83.5 Å². The van der Waals surface area contributed by atoms with Crippen LogP contribution in [-0.2, 0) is 4.74 Å². The Balaban J connectivity index is 1.68. The summed E-state index contributed by atoms with van der Waals surface area (Å²) in [7, 11) is 0. The minimum atomic E-state index is 0.435. The first-order valence-electron chi connectivity index (χ1n) is 9.86. The van der Waals surface area contributed by atoms with Gasteiger partial charge in [-0.05, 0) is 19.3 Å². The molecule has 0 amide bonds. The van der Waals surface area contributed by atoms with E-state index in [1.54, 1.807) is 0 Å². The van der Waals surface area contributed by atoms with Crippen molar-refractivity contribution in [3.8, 4) is 0 Å². The van der Waals surface area contributed by atoms with Gasteiger partial charge in [-0.25, -0.2) is 0 Å². The summed E-state index contributed by atoms with van der Waals surface area (Å²) in [6.07, 6.45) is 29.0. The van der Waals surface area contributed by atoms with Crippen molar-refractivity contribution < 1.29 is 4.74 Å². The van der Waals surface area contributed by atoms with E-state index in [4.69, 9.17) is 4.74 Å². The zero-order valence-electron chi connectivity index (χ0n) is 14.9. The van der Waals surface area contributed by atoms with Gasteiger partial charge in [0.1, 0.15) is 0 Å². The normalized spacial score (nSPS) is 17.8. The maximum atomic E-state index is 5.13. The van der Waals surface area contributed by atoms with Crippen LogP contribution in [0.2, 0.25) is 0 Å². The lowest BCUT2D eigenvalue weighted by atomic mass is 10.0. The number of hydrogen-bond donors (Lipinski definition) is 0. The molecule has 1 aliphatic heterocycles. The van der Waals surface area contributed by atoms with Gasteiger partial charge in [-0.1, -0.05) is 102 Å². The standard InChI is InChI=1S/C21H38O/c1-2-3-4-5-6-7-8-9-10-11-12-13-14-15-16-17-18-19-21-20-22-21/h15-16,18-19,21H,2-14,17,20H2,1H3. The molecule has 128 valence electrons. The Kier molecular flexibility index (Phi) is 13.6. The van der Waals surface area contributed by atoms with Gasteiger partial charge in [-0.2, -0.15) is 0 Å². The van der Waals surface area contributed by atoms with Gasteiger partial charge in [-0.3, -0.25) is 0 Å². The SMILES string of the molecule is CCCCCCCCCCCCCCC=CCC=CC1CO1. The highest BCUT2D eigenvalue weighted by molar-refractivity contribution is 4.99. The lowest BCUT2D eigenvalue weighted by Gasteiger charge is -2.02. The largest absolute Gasteiger partial charge is 0.369 e. The van der Waals surface area contributed by atoms with E-state index in [9.17, 15) is 0 Å². The number of ether oxygens (including phenoxy) is 1. The van der Waals surface area contributed by atoms with Crippen LogP contribution in [0.3, 0.4) is 0 Å². The molecule has 22 heavy (non-hydrogen) atoms. The number of allylic oxidation sites excluding steroid dienone is 3. The van der Waals surface area contributed by atoms with Crippen molar-refractivity contribution in [2.24, 2.45) is 0 Å². The van der Waals surface area contributed by atoms with Crippen LogP contribution in [0.15, 0.2) is 24.3 Å². The minimum Gasteiger partial charge on any atom is -0.369 e. The van der Waals surface area contributed by atoms with Crippen molar-refractivity contribution in [1.82, 2.24) is 0 Å². The predicted molar refractivity (Wildman–Crippen MR) is 98.3 cm³/mol. The third-order valence-corrected chi connectivity index (χ3v) is 4.37. The molecule has 1 heterocycles. The van der Waals surface area contributed by atoms with Gasteiger partial charge < -0.3 is 4.74 Å². The van der Waals surface area contributed by atoms with Gasteiger partial charge in [0, 0.05) is 0 Å². The molecule has 1 fully saturated rings. The Morgan fingerprint density at radius 3 is 1.82 bits per heavy atom. The molecule has 0 aromatic rings. The number of rotatable bonds is 16. The summed E-state index contributed by atoms with van der Waals surface area (Å²) in [5.74, 6) is 0. The van der Waals surface area contributed by atoms with E-state index in [0.29, 0.717) is 6.10 Å². The summed E-state index contributed by atoms with van der Waals surface area (Å²) >= 11 is 0. The highest BCUT2D eigenvalue weighted by atomic mass is 16.6. The van der Waals surface area contributed by atoms with Gasteiger partial charge in [0.25, 0.3) is 0 Å². The van der Waals surface area contributed by atoms with Gasteiger partial charge in [0.2, 0.25) is 0 Å². The summed E-state index contributed by atoms with van der Waals surface area (Å²) in [6, 6.07) is 0. The van der Waals surface area contributed by atoms with Crippen molar-refractivity contribution in [1.29, 1.82) is 0 Å². The lowest BCUT2D eigenvalue weighted by molar-refractivity contribution is 0.440. The molecule has 0 N–H and O–H groups in total. The molecule has 0 bridgehead atoms. The second-order valence-corrected chi connectivity index (χ2v) is 6.68. The Labute approximate surface area is 139 Å². The molecule has 1 aliphatic rings. The van der Waals surface area contributed by atoms with Crippen LogP contribution in [0.4, 0.5) is 0 Å². The molecule has 0 aliphatic carbocycles. The maximum Gasteiger partial charge on any atom is 0.0991 e. The first kappa shape index (κ1) is 19.5. The van der Waals surface area contributed by atoms with E-state index in [2.05, 4.69) is 31.2 Å². The summed E-state index contributed by atoms with van der Waals surface area (Å²) in [4.78, 5) is 0. The van der Waals surface area contributed by atoms with E-state index in [0.717, 1.165) is 13.0 Å². The Bertz CT molecular complexity index is 276. The van der Waals surface area contributed by atoms with Gasteiger partial charge in [0.15, 0.2) is 0 Å². The van der Waals surface area contributed by atoms with Crippen LogP contribution in [0.5, 0.6) is 0 Å². The molecule has 1 atom stereocenters. The molecule has 0 aromatic heterocycles. The molecule has 1 saturated heterocycles. The third-order valence-electron chi connectivity index (χ3n) is 4.37. The van der Waals surface area contributed by atoms with Gasteiger partial charge in [-0.15, -0.1) is 0 Å². The Morgan fingerprint density at radius 1 is 0.727 bits per heavy atom. The number of hydrogen-bond acceptors (Lipinski definition) is 1. The fourth-order valence-corrected chi connectivity index (χ4v) is 2.79. The predicted octanol–water partition coefficient (Wildman–Crippen LogP) is 6.98. The second kappa shape index (κ2) is 15.3. The average molecular weight is 307 g/mol. The molecule has 0 aromatic carbocycles. The van der Waals surface area contributed by atoms with E-state index in [-0.39, 0.29) is 0 Å². The average Bonchev–Trinajstić information content (AvgIpc) is 3.34. The molecule has 0 radical (unpaired) electrons. The van der Waals surface area contributed by atoms with E-state index < -0.39 is 0 Å². The minimum absolute atomic E-state index is 0.435. The summed E-state index contributed by atoms with van der Waals surface area (Å²) in [5, 5.41) is 0. The fraction of sp³-hybridized carbons (Fsp3) is 0.810. The van der Waals surface area contributed by atoms with Crippen LogP contribution < -0.4 is 0 Å². The fourth-order valence-electron chi connectivity index (χ4n) is 2.79. The molecule has 1 nitrogen and oxygen atoms in total. The quantitative estimate of drug-likeness (QED) is 0.170. The molecular formula is C21H38O. The van der Waals surface area contributed by atoms with E-state index in [1.807, 2.05) is 0 Å². The zero-order valence-corrected chi connectivity index (χ0v) is 14.9. The zero-order chi connectivity index (χ0) is 15.7. The Morgan fingerprint density at radius 2 is 1.27 bits per heavy atom. The third kappa shape index (κ3) is 14.4.